The van der Waals surface area contributed by atoms with Crippen molar-refractivity contribution in [2.75, 3.05) is 18.1 Å². The molecule has 0 aliphatic carbocycles. The first kappa shape index (κ1) is 23.7. The quantitative estimate of drug-likeness (QED) is 0.542. The Labute approximate surface area is 197 Å². The van der Waals surface area contributed by atoms with E-state index in [1.807, 2.05) is 0 Å². The van der Waals surface area contributed by atoms with Gasteiger partial charge in [0.1, 0.15) is 5.69 Å². The van der Waals surface area contributed by atoms with E-state index in [1.54, 1.807) is 6.07 Å². The number of ether oxygens (including phenoxy) is 1. The smallest absolute Gasteiger partial charge is 0.386 e. The van der Waals surface area contributed by atoms with Crippen molar-refractivity contribution >= 4 is 39.9 Å². The highest BCUT2D eigenvalue weighted by Crippen LogP contribution is 2.33. The Morgan fingerprint density at radius 1 is 1.24 bits per heavy atom. The third-order valence-electron chi connectivity index (χ3n) is 4.81. The SMILES string of the molecule is CNC(=O)c1c(NC(=O)c2cc(OC(F)(F)F)nn2-c2ncccc2Cl)ccc2c1S(=O)CC2. The molecule has 2 amide bonds. The molecule has 34 heavy (non-hydrogen) atoms. The van der Waals surface area contributed by atoms with Crippen LogP contribution in [0, 0.1) is 0 Å². The first-order valence-corrected chi connectivity index (χ1v) is 11.3. The number of aromatic nitrogens is 3. The topological polar surface area (TPSA) is 115 Å². The van der Waals surface area contributed by atoms with Crippen LogP contribution in [0.2, 0.25) is 5.02 Å². The number of carbonyl (C=O) groups excluding carboxylic acids is 2. The van der Waals surface area contributed by atoms with Gasteiger partial charge < -0.3 is 15.4 Å². The van der Waals surface area contributed by atoms with Gasteiger partial charge >= 0.3 is 6.36 Å². The number of anilines is 1. The van der Waals surface area contributed by atoms with Gasteiger partial charge in [0, 0.05) is 25.1 Å². The molecule has 4 rings (SSSR count). The van der Waals surface area contributed by atoms with Crippen molar-refractivity contribution in [2.24, 2.45) is 0 Å². The number of nitrogens with one attached hydrogen (secondary N) is 2. The normalized spacial score (nSPS) is 15.0. The molecule has 9 nitrogen and oxygen atoms in total. The molecule has 0 saturated carbocycles. The number of amides is 2. The molecule has 1 aliphatic rings. The molecule has 0 bridgehead atoms. The summed E-state index contributed by atoms with van der Waals surface area (Å²) in [6.45, 7) is 0. The highest BCUT2D eigenvalue weighted by molar-refractivity contribution is 7.85. The lowest BCUT2D eigenvalue weighted by atomic mass is 10.1. The molecular weight excluding hydrogens is 499 g/mol. The van der Waals surface area contributed by atoms with Crippen molar-refractivity contribution in [1.82, 2.24) is 20.1 Å². The fraction of sp³-hybridized carbons (Fsp3) is 0.200. The summed E-state index contributed by atoms with van der Waals surface area (Å²) in [7, 11) is -0.0687. The number of carbonyl (C=O) groups is 2. The predicted molar refractivity (Wildman–Crippen MR) is 116 cm³/mol. The van der Waals surface area contributed by atoms with E-state index in [4.69, 9.17) is 11.6 Å². The van der Waals surface area contributed by atoms with Crippen LogP contribution in [0.1, 0.15) is 26.4 Å². The Kier molecular flexibility index (Phi) is 6.32. The molecule has 14 heteroatoms. The third-order valence-corrected chi connectivity index (χ3v) is 6.60. The molecule has 1 aliphatic heterocycles. The number of alkyl halides is 3. The summed E-state index contributed by atoms with van der Waals surface area (Å²) >= 11 is 6.10. The van der Waals surface area contributed by atoms with Crippen LogP contribution >= 0.6 is 11.6 Å². The molecular formula is C20H15ClF3N5O4S. The molecule has 3 aromatic rings. The summed E-state index contributed by atoms with van der Waals surface area (Å²) in [4.78, 5) is 30.0. The van der Waals surface area contributed by atoms with Crippen LogP contribution in [0.4, 0.5) is 18.9 Å². The lowest BCUT2D eigenvalue weighted by molar-refractivity contribution is -0.276. The van der Waals surface area contributed by atoms with Gasteiger partial charge in [-0.1, -0.05) is 17.7 Å². The zero-order chi connectivity index (χ0) is 24.6. The average molecular weight is 514 g/mol. The van der Waals surface area contributed by atoms with Gasteiger partial charge in [0.2, 0.25) is 5.88 Å². The Bertz CT molecular complexity index is 1330. The van der Waals surface area contributed by atoms with Crippen molar-refractivity contribution in [3.63, 3.8) is 0 Å². The predicted octanol–water partition coefficient (Wildman–Crippen LogP) is 3.09. The van der Waals surface area contributed by atoms with E-state index in [2.05, 4.69) is 25.5 Å². The summed E-state index contributed by atoms with van der Waals surface area (Å²) < 4.78 is 55.4. The lowest BCUT2D eigenvalue weighted by Crippen LogP contribution is -2.24. The number of fused-ring (bicyclic) bond motifs is 1. The molecule has 2 aromatic heterocycles. The number of benzene rings is 1. The zero-order valence-electron chi connectivity index (χ0n) is 17.3. The summed E-state index contributed by atoms with van der Waals surface area (Å²) in [6, 6.07) is 6.76. The maximum atomic E-state index is 13.2. The van der Waals surface area contributed by atoms with Gasteiger partial charge in [0.05, 0.1) is 32.0 Å². The summed E-state index contributed by atoms with van der Waals surface area (Å²) in [6.07, 6.45) is -3.24. The van der Waals surface area contributed by atoms with Crippen molar-refractivity contribution in [3.8, 4) is 11.7 Å². The Hall–Kier alpha value is -3.45. The highest BCUT2D eigenvalue weighted by atomic mass is 35.5. The standard InChI is InChI=1S/C20H15ClF3N5O4S/c1-25-19(31)15-12(5-4-10-6-8-34(32)16(10)15)27-18(30)13-9-14(33-20(22,23)24)28-29(13)17-11(21)3-2-7-26-17/h2-5,7,9H,6,8H2,1H3,(H,25,31)(H,27,30). The van der Waals surface area contributed by atoms with Crippen LogP contribution in [0.25, 0.3) is 5.82 Å². The van der Waals surface area contributed by atoms with Gasteiger partial charge in [-0.2, -0.15) is 0 Å². The largest absolute Gasteiger partial charge is 0.574 e. The number of rotatable bonds is 5. The fourth-order valence-corrected chi connectivity index (χ4v) is 5.12. The number of hydrogen-bond donors (Lipinski definition) is 2. The van der Waals surface area contributed by atoms with Crippen LogP contribution < -0.4 is 15.4 Å². The Morgan fingerprint density at radius 2 is 2.00 bits per heavy atom. The molecule has 3 heterocycles. The number of aryl methyl sites for hydroxylation is 1. The number of hydrogen-bond acceptors (Lipinski definition) is 6. The van der Waals surface area contributed by atoms with Gasteiger partial charge in [-0.25, -0.2) is 9.67 Å². The second-order valence-electron chi connectivity index (χ2n) is 6.95. The molecule has 0 saturated heterocycles. The summed E-state index contributed by atoms with van der Waals surface area (Å²) in [5.41, 5.74) is 0.347. The van der Waals surface area contributed by atoms with E-state index in [1.165, 1.54) is 31.4 Å². The zero-order valence-corrected chi connectivity index (χ0v) is 18.8. The second kappa shape index (κ2) is 9.06. The van der Waals surface area contributed by atoms with Crippen molar-refractivity contribution in [1.29, 1.82) is 0 Å². The molecule has 178 valence electrons. The first-order valence-electron chi connectivity index (χ1n) is 9.63. The van der Waals surface area contributed by atoms with Crippen LogP contribution in [-0.2, 0) is 17.2 Å². The maximum Gasteiger partial charge on any atom is 0.574 e. The highest BCUT2D eigenvalue weighted by Gasteiger charge is 2.34. The first-order chi connectivity index (χ1) is 16.1. The molecule has 1 atom stereocenters. The minimum Gasteiger partial charge on any atom is -0.386 e. The van der Waals surface area contributed by atoms with Crippen LogP contribution in [0.15, 0.2) is 41.4 Å². The van der Waals surface area contributed by atoms with Crippen LogP contribution in [0.3, 0.4) is 0 Å². The van der Waals surface area contributed by atoms with E-state index in [0.717, 1.165) is 10.7 Å². The van der Waals surface area contributed by atoms with E-state index in [0.29, 0.717) is 22.6 Å². The molecule has 1 aromatic carbocycles. The van der Waals surface area contributed by atoms with Gasteiger partial charge in [0.25, 0.3) is 11.8 Å². The van der Waals surface area contributed by atoms with Crippen molar-refractivity contribution in [3.05, 3.63) is 58.4 Å². The number of halogens is 4. The summed E-state index contributed by atoms with van der Waals surface area (Å²) in [5, 5.41) is 8.62. The van der Waals surface area contributed by atoms with E-state index < -0.39 is 40.6 Å². The van der Waals surface area contributed by atoms with Crippen LogP contribution in [-0.4, -0.2) is 50.0 Å². The second-order valence-corrected chi connectivity index (χ2v) is 8.86. The summed E-state index contributed by atoms with van der Waals surface area (Å²) in [5.74, 6) is -2.21. The van der Waals surface area contributed by atoms with E-state index in [-0.39, 0.29) is 22.1 Å². The van der Waals surface area contributed by atoms with E-state index >= 15 is 0 Å². The average Bonchev–Trinajstić information content (AvgIpc) is 3.36. The van der Waals surface area contributed by atoms with E-state index in [9.17, 15) is 27.0 Å². The van der Waals surface area contributed by atoms with Crippen molar-refractivity contribution in [2.45, 2.75) is 17.7 Å². The molecule has 1 unspecified atom stereocenters. The maximum absolute atomic E-state index is 13.2. The minimum atomic E-state index is -5.06. The number of pyridine rings is 1. The van der Waals surface area contributed by atoms with Crippen molar-refractivity contribution < 1.29 is 31.7 Å². The third kappa shape index (κ3) is 4.61. The lowest BCUT2D eigenvalue weighted by Gasteiger charge is -2.14. The molecule has 2 N–H and O–H groups in total. The van der Waals surface area contributed by atoms with Gasteiger partial charge in [-0.3, -0.25) is 13.8 Å². The Morgan fingerprint density at radius 3 is 2.68 bits per heavy atom. The van der Waals surface area contributed by atoms with Gasteiger partial charge in [0.15, 0.2) is 5.82 Å². The minimum absolute atomic E-state index is 0.0113. The fourth-order valence-electron chi connectivity index (χ4n) is 3.41. The molecule has 0 radical (unpaired) electrons. The Balaban J connectivity index is 1.79. The van der Waals surface area contributed by atoms with Crippen LogP contribution in [0.5, 0.6) is 5.88 Å². The molecule has 0 spiro atoms. The van der Waals surface area contributed by atoms with Gasteiger partial charge in [-0.15, -0.1) is 18.3 Å². The monoisotopic (exact) mass is 513 g/mol. The molecule has 0 fully saturated rings. The van der Waals surface area contributed by atoms with Gasteiger partial charge in [-0.05, 0) is 30.2 Å². The number of nitrogens with zero attached hydrogens (tertiary/aromatic N) is 3.